The first kappa shape index (κ1) is 19.3. The van der Waals surface area contributed by atoms with Crippen molar-refractivity contribution in [3.8, 4) is 0 Å². The maximum atomic E-state index is 13.5. The minimum atomic E-state index is -2.77. The Labute approximate surface area is 156 Å². The normalized spacial score (nSPS) is 16.4. The van der Waals surface area contributed by atoms with Crippen molar-refractivity contribution in [1.29, 1.82) is 0 Å². The summed E-state index contributed by atoms with van der Waals surface area (Å²) in [6, 6.07) is 5.88. The van der Waals surface area contributed by atoms with Crippen molar-refractivity contribution in [3.63, 3.8) is 0 Å². The second-order valence-corrected chi connectivity index (χ2v) is 6.95. The van der Waals surface area contributed by atoms with E-state index in [-0.39, 0.29) is 24.2 Å². The van der Waals surface area contributed by atoms with Gasteiger partial charge in [-0.15, -0.1) is 0 Å². The van der Waals surface area contributed by atoms with Gasteiger partial charge in [-0.3, -0.25) is 14.2 Å². The lowest BCUT2D eigenvalue weighted by molar-refractivity contribution is -0.129. The van der Waals surface area contributed by atoms with Crippen LogP contribution in [0.4, 0.5) is 8.78 Å². The molecule has 8 heteroatoms. The summed E-state index contributed by atoms with van der Waals surface area (Å²) in [5, 5.41) is 5.29. The van der Waals surface area contributed by atoms with Crippen molar-refractivity contribution in [2.24, 2.45) is 5.92 Å². The fraction of sp³-hybridized carbons (Fsp3) is 0.526. The fourth-order valence-electron chi connectivity index (χ4n) is 3.61. The molecular weight excluding hydrogens is 354 g/mol. The highest BCUT2D eigenvalue weighted by atomic mass is 19.3. The largest absolute Gasteiger partial charge is 0.347 e. The van der Waals surface area contributed by atoms with E-state index in [2.05, 4.69) is 15.6 Å². The van der Waals surface area contributed by atoms with Gasteiger partial charge in [0.1, 0.15) is 5.82 Å². The summed E-state index contributed by atoms with van der Waals surface area (Å²) < 4.78 is 27.8. The molecule has 1 heterocycles. The number of nitrogens with one attached hydrogen (secondary N) is 2. The van der Waals surface area contributed by atoms with Crippen LogP contribution in [0.25, 0.3) is 11.0 Å². The molecule has 0 bridgehead atoms. The summed E-state index contributed by atoms with van der Waals surface area (Å²) >= 11 is 0. The van der Waals surface area contributed by atoms with Crippen LogP contribution in [0.15, 0.2) is 24.3 Å². The molecule has 1 unspecified atom stereocenters. The van der Waals surface area contributed by atoms with Gasteiger partial charge < -0.3 is 10.6 Å². The molecule has 1 saturated carbocycles. The Morgan fingerprint density at radius 3 is 2.63 bits per heavy atom. The Kier molecular flexibility index (Phi) is 6.03. The number of carbonyl (C=O) groups is 2. The highest BCUT2D eigenvalue weighted by Gasteiger charge is 2.24. The number of fused-ring (bicyclic) bond motifs is 1. The molecule has 2 N–H and O–H groups in total. The Balaban J connectivity index is 1.62. The van der Waals surface area contributed by atoms with Gasteiger partial charge in [-0.05, 0) is 31.9 Å². The first-order valence-corrected chi connectivity index (χ1v) is 9.29. The predicted molar refractivity (Wildman–Crippen MR) is 97.1 cm³/mol. The molecule has 1 fully saturated rings. The molecule has 3 rings (SSSR count). The van der Waals surface area contributed by atoms with Crippen LogP contribution < -0.4 is 10.6 Å². The monoisotopic (exact) mass is 378 g/mol. The molecule has 0 saturated heterocycles. The van der Waals surface area contributed by atoms with E-state index in [0.717, 1.165) is 36.7 Å². The lowest BCUT2D eigenvalue weighted by Gasteiger charge is -2.21. The summed E-state index contributed by atoms with van der Waals surface area (Å²) in [5.74, 6) is -0.498. The molecule has 0 spiro atoms. The minimum Gasteiger partial charge on any atom is -0.347 e. The third-order valence-corrected chi connectivity index (χ3v) is 4.98. The van der Waals surface area contributed by atoms with Gasteiger partial charge in [0.15, 0.2) is 0 Å². The third-order valence-electron chi connectivity index (χ3n) is 4.98. The molecular formula is C19H24F2N4O2. The topological polar surface area (TPSA) is 76.0 Å². The quantitative estimate of drug-likeness (QED) is 0.810. The van der Waals surface area contributed by atoms with Gasteiger partial charge in [-0.2, -0.15) is 8.78 Å². The number of hydrogen-bond acceptors (Lipinski definition) is 3. The Morgan fingerprint density at radius 1 is 1.22 bits per heavy atom. The van der Waals surface area contributed by atoms with Gasteiger partial charge in [0.25, 0.3) is 0 Å². The highest BCUT2D eigenvalue weighted by molar-refractivity contribution is 5.86. The number of alkyl halides is 2. The molecule has 2 aromatic rings. The molecule has 6 nitrogen and oxygen atoms in total. The second-order valence-electron chi connectivity index (χ2n) is 6.95. The zero-order valence-electron chi connectivity index (χ0n) is 15.3. The standard InChI is InChI=1S/C19H24F2N4O2/c1-12(17-24-14-9-5-6-10-15(14)25(17)19(20)21)23-16(26)11-22-18(27)13-7-3-2-4-8-13/h5-6,9-10,12-13,19H,2-4,7-8,11H2,1H3,(H,22,27)(H,23,26). The van der Waals surface area contributed by atoms with Crippen molar-refractivity contribution in [1.82, 2.24) is 20.2 Å². The van der Waals surface area contributed by atoms with Crippen molar-refractivity contribution in [2.75, 3.05) is 6.54 Å². The predicted octanol–water partition coefficient (Wildman–Crippen LogP) is 3.31. The summed E-state index contributed by atoms with van der Waals surface area (Å²) in [6.45, 7) is -1.34. The Bertz CT molecular complexity index is 815. The number of para-hydroxylation sites is 2. The zero-order chi connectivity index (χ0) is 19.4. The average Bonchev–Trinajstić information content (AvgIpc) is 3.07. The molecule has 1 aliphatic rings. The number of aromatic nitrogens is 2. The average molecular weight is 378 g/mol. The van der Waals surface area contributed by atoms with Crippen molar-refractivity contribution >= 4 is 22.8 Å². The molecule has 1 aliphatic carbocycles. The third kappa shape index (κ3) is 4.43. The van der Waals surface area contributed by atoms with E-state index in [4.69, 9.17) is 0 Å². The molecule has 1 aromatic carbocycles. The summed E-state index contributed by atoms with van der Waals surface area (Å²) in [4.78, 5) is 28.5. The van der Waals surface area contributed by atoms with E-state index < -0.39 is 18.5 Å². The number of amides is 2. The van der Waals surface area contributed by atoms with Crippen LogP contribution in [0.3, 0.4) is 0 Å². The molecule has 1 atom stereocenters. The second kappa shape index (κ2) is 8.45. The van der Waals surface area contributed by atoms with Gasteiger partial charge in [0.2, 0.25) is 11.8 Å². The summed E-state index contributed by atoms with van der Waals surface area (Å²) in [6.07, 6.45) is 4.91. The van der Waals surface area contributed by atoms with E-state index in [1.54, 1.807) is 31.2 Å². The van der Waals surface area contributed by atoms with E-state index >= 15 is 0 Å². The van der Waals surface area contributed by atoms with Crippen molar-refractivity contribution < 1.29 is 18.4 Å². The molecule has 1 aromatic heterocycles. The minimum absolute atomic E-state index is 0.0352. The lowest BCUT2D eigenvalue weighted by Crippen LogP contribution is -2.41. The van der Waals surface area contributed by atoms with Crippen LogP contribution in [0, 0.1) is 5.92 Å². The van der Waals surface area contributed by atoms with Crippen LogP contribution in [0.1, 0.15) is 57.4 Å². The van der Waals surface area contributed by atoms with Gasteiger partial charge >= 0.3 is 6.55 Å². The van der Waals surface area contributed by atoms with Crippen LogP contribution in [0.2, 0.25) is 0 Å². The first-order chi connectivity index (χ1) is 13.0. The Morgan fingerprint density at radius 2 is 1.93 bits per heavy atom. The molecule has 0 aliphatic heterocycles. The number of benzene rings is 1. The van der Waals surface area contributed by atoms with E-state index in [1.165, 1.54) is 0 Å². The maximum absolute atomic E-state index is 13.5. The SMILES string of the molecule is CC(NC(=O)CNC(=O)C1CCCCC1)c1nc2ccccc2n1C(F)F. The smallest absolute Gasteiger partial charge is 0.320 e. The molecule has 27 heavy (non-hydrogen) atoms. The molecule has 146 valence electrons. The fourth-order valence-corrected chi connectivity index (χ4v) is 3.61. The maximum Gasteiger partial charge on any atom is 0.320 e. The molecule has 0 radical (unpaired) electrons. The zero-order valence-corrected chi connectivity index (χ0v) is 15.3. The van der Waals surface area contributed by atoms with Crippen LogP contribution >= 0.6 is 0 Å². The van der Waals surface area contributed by atoms with Gasteiger partial charge in [-0.1, -0.05) is 31.4 Å². The molecule has 2 amide bonds. The van der Waals surface area contributed by atoms with Crippen LogP contribution in [-0.2, 0) is 9.59 Å². The van der Waals surface area contributed by atoms with Crippen molar-refractivity contribution in [3.05, 3.63) is 30.1 Å². The highest BCUT2D eigenvalue weighted by Crippen LogP contribution is 2.26. The number of nitrogens with zero attached hydrogens (tertiary/aromatic N) is 2. The lowest BCUT2D eigenvalue weighted by atomic mass is 9.89. The Hall–Kier alpha value is -2.51. The summed E-state index contributed by atoms with van der Waals surface area (Å²) in [7, 11) is 0. The van der Waals surface area contributed by atoms with Gasteiger partial charge in [0.05, 0.1) is 23.6 Å². The number of halogens is 2. The van der Waals surface area contributed by atoms with E-state index in [0.29, 0.717) is 11.0 Å². The number of imidazole rings is 1. The number of hydrogen-bond donors (Lipinski definition) is 2. The van der Waals surface area contributed by atoms with E-state index in [1.807, 2.05) is 0 Å². The van der Waals surface area contributed by atoms with Crippen molar-refractivity contribution in [2.45, 2.75) is 51.6 Å². The van der Waals surface area contributed by atoms with Gasteiger partial charge in [-0.25, -0.2) is 4.98 Å². The number of rotatable bonds is 6. The van der Waals surface area contributed by atoms with Crippen LogP contribution in [0.5, 0.6) is 0 Å². The summed E-state index contributed by atoms with van der Waals surface area (Å²) in [5.41, 5.74) is 0.758. The number of carbonyl (C=O) groups excluding carboxylic acids is 2. The van der Waals surface area contributed by atoms with Crippen LogP contribution in [-0.4, -0.2) is 27.9 Å². The van der Waals surface area contributed by atoms with E-state index in [9.17, 15) is 18.4 Å². The first-order valence-electron chi connectivity index (χ1n) is 9.29. The van der Waals surface area contributed by atoms with Gasteiger partial charge in [0, 0.05) is 5.92 Å².